The monoisotopic (exact) mass is 322 g/mol. The summed E-state index contributed by atoms with van der Waals surface area (Å²) >= 11 is 6.95. The van der Waals surface area contributed by atoms with Gasteiger partial charge in [-0.1, -0.05) is 56.7 Å². The standard InChI is InChI=1S/C10H12Br2O2/c1-2-14-9(7-13)10(12)5-3-8(11)4-6-10/h2-5,9,13H,1,6-7H2. The molecule has 1 aliphatic carbocycles. The van der Waals surface area contributed by atoms with Crippen LogP contribution in [0.2, 0.25) is 0 Å². The zero-order chi connectivity index (χ0) is 10.6. The van der Waals surface area contributed by atoms with Crippen LogP contribution < -0.4 is 0 Å². The molecule has 0 spiro atoms. The van der Waals surface area contributed by atoms with Crippen LogP contribution in [0.5, 0.6) is 0 Å². The molecule has 0 saturated carbocycles. The van der Waals surface area contributed by atoms with Gasteiger partial charge >= 0.3 is 0 Å². The lowest BCUT2D eigenvalue weighted by atomic mass is 9.95. The number of rotatable bonds is 4. The third-order valence-corrected chi connectivity index (χ3v) is 3.78. The van der Waals surface area contributed by atoms with Gasteiger partial charge in [-0.15, -0.1) is 0 Å². The molecule has 0 aromatic carbocycles. The van der Waals surface area contributed by atoms with Crippen LogP contribution in [-0.2, 0) is 4.74 Å². The van der Waals surface area contributed by atoms with Gasteiger partial charge in [-0.05, 0) is 6.42 Å². The lowest BCUT2D eigenvalue weighted by Gasteiger charge is -2.32. The Kier molecular flexibility index (Phi) is 4.41. The van der Waals surface area contributed by atoms with Crippen molar-refractivity contribution in [3.8, 4) is 0 Å². The second-order valence-electron chi connectivity index (χ2n) is 3.03. The fourth-order valence-corrected chi connectivity index (χ4v) is 2.11. The molecule has 14 heavy (non-hydrogen) atoms. The molecule has 0 heterocycles. The van der Waals surface area contributed by atoms with E-state index in [2.05, 4.69) is 38.4 Å². The van der Waals surface area contributed by atoms with Crippen LogP contribution in [0.4, 0.5) is 0 Å². The van der Waals surface area contributed by atoms with Gasteiger partial charge in [-0.3, -0.25) is 0 Å². The molecule has 4 heteroatoms. The fourth-order valence-electron chi connectivity index (χ4n) is 1.27. The third kappa shape index (κ3) is 2.72. The van der Waals surface area contributed by atoms with Gasteiger partial charge in [0.1, 0.15) is 6.10 Å². The molecule has 78 valence electrons. The summed E-state index contributed by atoms with van der Waals surface area (Å²) in [6.45, 7) is 3.44. The predicted molar refractivity (Wildman–Crippen MR) is 64.6 cm³/mol. The van der Waals surface area contributed by atoms with Crippen LogP contribution in [0.1, 0.15) is 6.42 Å². The molecule has 1 rings (SSSR count). The van der Waals surface area contributed by atoms with Crippen molar-refractivity contribution >= 4 is 31.9 Å². The van der Waals surface area contributed by atoms with E-state index in [1.807, 2.05) is 18.2 Å². The number of halogens is 2. The summed E-state index contributed by atoms with van der Waals surface area (Å²) in [5.41, 5.74) is 0. The maximum absolute atomic E-state index is 9.17. The molecular formula is C10H12Br2O2. The average Bonchev–Trinajstić information content (AvgIpc) is 2.19. The largest absolute Gasteiger partial charge is 0.494 e. The Labute approximate surface area is 101 Å². The van der Waals surface area contributed by atoms with Crippen molar-refractivity contribution in [2.75, 3.05) is 6.61 Å². The minimum Gasteiger partial charge on any atom is -0.494 e. The summed E-state index contributed by atoms with van der Waals surface area (Å²) in [5, 5.41) is 9.17. The average molecular weight is 324 g/mol. The van der Waals surface area contributed by atoms with Crippen LogP contribution in [0.25, 0.3) is 0 Å². The van der Waals surface area contributed by atoms with E-state index >= 15 is 0 Å². The van der Waals surface area contributed by atoms with Crippen LogP contribution >= 0.6 is 31.9 Å². The first-order valence-corrected chi connectivity index (χ1v) is 5.82. The fraction of sp³-hybridized carbons (Fsp3) is 0.400. The summed E-state index contributed by atoms with van der Waals surface area (Å²) in [4.78, 5) is 0. The number of hydrogen-bond acceptors (Lipinski definition) is 2. The van der Waals surface area contributed by atoms with Crippen molar-refractivity contribution in [3.63, 3.8) is 0 Å². The van der Waals surface area contributed by atoms with Crippen molar-refractivity contribution in [2.45, 2.75) is 16.8 Å². The molecule has 2 unspecified atom stereocenters. The molecule has 1 N–H and O–H groups in total. The van der Waals surface area contributed by atoms with Crippen molar-refractivity contribution in [3.05, 3.63) is 35.6 Å². The molecular weight excluding hydrogens is 312 g/mol. The Morgan fingerprint density at radius 1 is 1.79 bits per heavy atom. The van der Waals surface area contributed by atoms with Crippen molar-refractivity contribution in [2.24, 2.45) is 0 Å². The third-order valence-electron chi connectivity index (χ3n) is 2.09. The van der Waals surface area contributed by atoms with Crippen molar-refractivity contribution in [1.29, 1.82) is 0 Å². The van der Waals surface area contributed by atoms with E-state index in [0.717, 1.165) is 10.9 Å². The number of ether oxygens (including phenoxy) is 1. The maximum atomic E-state index is 9.17. The van der Waals surface area contributed by atoms with Crippen LogP contribution in [0.3, 0.4) is 0 Å². The minimum absolute atomic E-state index is 0.0485. The molecule has 0 aromatic heterocycles. The summed E-state index contributed by atoms with van der Waals surface area (Å²) in [6, 6.07) is 0. The Hall–Kier alpha value is -0.0600. The molecule has 0 fully saturated rings. The highest BCUT2D eigenvalue weighted by Crippen LogP contribution is 2.35. The van der Waals surface area contributed by atoms with Gasteiger partial charge in [0.05, 0.1) is 17.2 Å². The first-order valence-electron chi connectivity index (χ1n) is 4.23. The molecule has 0 saturated heterocycles. The molecule has 0 aliphatic heterocycles. The van der Waals surface area contributed by atoms with E-state index in [0.29, 0.717) is 0 Å². The molecule has 0 aromatic rings. The van der Waals surface area contributed by atoms with Crippen molar-refractivity contribution in [1.82, 2.24) is 0 Å². The van der Waals surface area contributed by atoms with E-state index < -0.39 is 0 Å². The van der Waals surface area contributed by atoms with Crippen molar-refractivity contribution < 1.29 is 9.84 Å². The van der Waals surface area contributed by atoms with Gasteiger partial charge in [0, 0.05) is 4.48 Å². The quantitative estimate of drug-likeness (QED) is 0.637. The van der Waals surface area contributed by atoms with E-state index in [1.54, 1.807) is 0 Å². The minimum atomic E-state index is -0.340. The number of aliphatic hydroxyl groups is 1. The molecule has 2 atom stereocenters. The Morgan fingerprint density at radius 3 is 2.93 bits per heavy atom. The zero-order valence-corrected chi connectivity index (χ0v) is 10.8. The van der Waals surface area contributed by atoms with Crippen LogP contribution in [0, 0.1) is 0 Å². The predicted octanol–water partition coefficient (Wildman–Crippen LogP) is 2.88. The molecule has 1 aliphatic rings. The van der Waals surface area contributed by atoms with E-state index in [9.17, 15) is 5.11 Å². The Balaban J connectivity index is 2.74. The van der Waals surface area contributed by atoms with Crippen LogP contribution in [0.15, 0.2) is 35.6 Å². The Bertz CT molecular complexity index is 273. The van der Waals surface area contributed by atoms with Gasteiger partial charge < -0.3 is 9.84 Å². The number of alkyl halides is 1. The smallest absolute Gasteiger partial charge is 0.140 e. The Morgan fingerprint density at radius 2 is 2.50 bits per heavy atom. The zero-order valence-electron chi connectivity index (χ0n) is 7.62. The SMILES string of the molecule is C=COC(CO)C1(Br)C=CC(Br)=CC1. The van der Waals surface area contributed by atoms with E-state index in [4.69, 9.17) is 4.74 Å². The number of hydrogen-bond donors (Lipinski definition) is 1. The van der Waals surface area contributed by atoms with E-state index in [1.165, 1.54) is 6.26 Å². The summed E-state index contributed by atoms with van der Waals surface area (Å²) in [6.07, 6.45) is 7.75. The molecule has 0 amide bonds. The number of allylic oxidation sites excluding steroid dienone is 3. The second kappa shape index (κ2) is 5.14. The van der Waals surface area contributed by atoms with Gasteiger partial charge in [0.2, 0.25) is 0 Å². The van der Waals surface area contributed by atoms with Gasteiger partial charge in [-0.2, -0.15) is 0 Å². The molecule has 0 radical (unpaired) electrons. The summed E-state index contributed by atoms with van der Waals surface area (Å²) in [7, 11) is 0. The second-order valence-corrected chi connectivity index (χ2v) is 5.42. The van der Waals surface area contributed by atoms with E-state index in [-0.39, 0.29) is 17.0 Å². The first-order chi connectivity index (χ1) is 6.62. The maximum Gasteiger partial charge on any atom is 0.140 e. The highest BCUT2D eigenvalue weighted by Gasteiger charge is 2.35. The van der Waals surface area contributed by atoms with Gasteiger partial charge in [0.25, 0.3) is 0 Å². The highest BCUT2D eigenvalue weighted by molar-refractivity contribution is 9.12. The highest BCUT2D eigenvalue weighted by atomic mass is 79.9. The first kappa shape index (κ1) is 12.0. The van der Waals surface area contributed by atoms with Gasteiger partial charge in [-0.25, -0.2) is 0 Å². The molecule has 2 nitrogen and oxygen atoms in total. The molecule has 0 bridgehead atoms. The summed E-state index contributed by atoms with van der Waals surface area (Å²) < 4.78 is 5.94. The lowest BCUT2D eigenvalue weighted by molar-refractivity contribution is 0.0615. The van der Waals surface area contributed by atoms with Gasteiger partial charge in [0.15, 0.2) is 0 Å². The summed E-state index contributed by atoms with van der Waals surface area (Å²) in [5.74, 6) is 0. The lowest BCUT2D eigenvalue weighted by Crippen LogP contribution is -2.38. The van der Waals surface area contributed by atoms with Crippen LogP contribution in [-0.4, -0.2) is 22.1 Å². The number of aliphatic hydroxyl groups excluding tert-OH is 1. The normalized spacial score (nSPS) is 28.1. The topological polar surface area (TPSA) is 29.5 Å².